The van der Waals surface area contributed by atoms with Crippen molar-refractivity contribution < 1.29 is 4.42 Å². The summed E-state index contributed by atoms with van der Waals surface area (Å²) in [5, 5.41) is 12.5. The van der Waals surface area contributed by atoms with Crippen LogP contribution in [-0.4, -0.2) is 20.7 Å². The fourth-order valence-electron chi connectivity index (χ4n) is 1.74. The molecule has 2 aromatic heterocycles. The average Bonchev–Trinajstić information content (AvgIpc) is 3.00. The highest BCUT2D eigenvalue weighted by Crippen LogP contribution is 2.30. The lowest BCUT2D eigenvalue weighted by atomic mass is 10.1. The zero-order chi connectivity index (χ0) is 14.9. The average molecular weight is 320 g/mol. The minimum absolute atomic E-state index is 0.0121. The van der Waals surface area contributed by atoms with Crippen LogP contribution in [0.4, 0.5) is 5.13 Å². The number of rotatable bonds is 4. The third-order valence-corrected chi connectivity index (χ3v) is 4.50. The number of anilines is 1. The number of hydrogen-bond acceptors (Lipinski definition) is 7. The van der Waals surface area contributed by atoms with Crippen molar-refractivity contribution in [1.82, 2.24) is 15.2 Å². The molecule has 3 aromatic rings. The van der Waals surface area contributed by atoms with Gasteiger partial charge >= 0.3 is 0 Å². The molecule has 0 fully saturated rings. The summed E-state index contributed by atoms with van der Waals surface area (Å²) < 4.78 is 6.59. The van der Waals surface area contributed by atoms with E-state index in [4.69, 9.17) is 4.42 Å². The first-order chi connectivity index (χ1) is 9.99. The third-order valence-electron chi connectivity index (χ3n) is 2.55. The molecule has 1 N–H and O–H groups in total. The summed E-state index contributed by atoms with van der Waals surface area (Å²) in [5.41, 5.74) is 1.70. The van der Waals surface area contributed by atoms with Gasteiger partial charge in [-0.2, -0.15) is 0 Å². The highest BCUT2D eigenvalue weighted by molar-refractivity contribution is 8.00. The molecule has 0 amide bonds. The number of nitrogens with one attached hydrogen (secondary N) is 1. The van der Waals surface area contributed by atoms with Gasteiger partial charge in [0.05, 0.1) is 5.75 Å². The number of benzene rings is 1. The second kappa shape index (κ2) is 5.65. The number of oxazole rings is 1. The van der Waals surface area contributed by atoms with Crippen molar-refractivity contribution in [3.8, 4) is 0 Å². The Balaban J connectivity index is 1.64. The number of fused-ring (bicyclic) bond motifs is 1. The van der Waals surface area contributed by atoms with Gasteiger partial charge < -0.3 is 9.73 Å². The zero-order valence-electron chi connectivity index (χ0n) is 12.1. The Labute approximate surface area is 131 Å². The van der Waals surface area contributed by atoms with Crippen LogP contribution in [0.3, 0.4) is 0 Å². The van der Waals surface area contributed by atoms with Crippen molar-refractivity contribution in [2.45, 2.75) is 36.4 Å². The van der Waals surface area contributed by atoms with Crippen LogP contribution >= 0.6 is 23.1 Å². The maximum absolute atomic E-state index is 5.69. The summed E-state index contributed by atoms with van der Waals surface area (Å²) >= 11 is 3.13. The Morgan fingerprint density at radius 3 is 2.81 bits per heavy atom. The van der Waals surface area contributed by atoms with E-state index in [1.165, 1.54) is 0 Å². The summed E-state index contributed by atoms with van der Waals surface area (Å²) in [4.78, 5) is 4.45. The number of aromatic nitrogens is 3. The van der Waals surface area contributed by atoms with Gasteiger partial charge in [-0.25, -0.2) is 4.98 Å². The van der Waals surface area contributed by atoms with Crippen LogP contribution in [0.5, 0.6) is 0 Å². The number of hydrogen-bond donors (Lipinski definition) is 1. The van der Waals surface area contributed by atoms with Crippen molar-refractivity contribution in [3.63, 3.8) is 0 Å². The van der Waals surface area contributed by atoms with E-state index in [0.29, 0.717) is 11.6 Å². The predicted octanol–water partition coefficient (Wildman–Crippen LogP) is 4.18. The molecule has 0 atom stereocenters. The van der Waals surface area contributed by atoms with Gasteiger partial charge in [0.25, 0.3) is 0 Å². The van der Waals surface area contributed by atoms with Gasteiger partial charge in [-0.3, -0.25) is 0 Å². The van der Waals surface area contributed by atoms with Gasteiger partial charge in [0, 0.05) is 5.54 Å². The zero-order valence-corrected chi connectivity index (χ0v) is 13.7. The van der Waals surface area contributed by atoms with E-state index in [9.17, 15) is 0 Å². The molecule has 7 heteroatoms. The summed E-state index contributed by atoms with van der Waals surface area (Å²) in [6.07, 6.45) is 0. The number of nitrogens with zero attached hydrogens (tertiary/aromatic N) is 3. The summed E-state index contributed by atoms with van der Waals surface area (Å²) in [6, 6.07) is 7.77. The lowest BCUT2D eigenvalue weighted by Gasteiger charge is -2.18. The van der Waals surface area contributed by atoms with Crippen molar-refractivity contribution in [2.24, 2.45) is 0 Å². The van der Waals surface area contributed by atoms with E-state index < -0.39 is 0 Å². The Hall–Kier alpha value is -1.60. The summed E-state index contributed by atoms with van der Waals surface area (Å²) in [6.45, 7) is 6.29. The topological polar surface area (TPSA) is 63.8 Å². The van der Waals surface area contributed by atoms with Gasteiger partial charge in [0.15, 0.2) is 9.92 Å². The Morgan fingerprint density at radius 2 is 2.05 bits per heavy atom. The largest absolute Gasteiger partial charge is 0.440 e. The molecule has 0 saturated heterocycles. The van der Waals surface area contributed by atoms with E-state index in [1.807, 2.05) is 24.3 Å². The molecular weight excluding hydrogens is 304 g/mol. The van der Waals surface area contributed by atoms with Gasteiger partial charge in [0.1, 0.15) is 5.52 Å². The molecule has 0 aliphatic heterocycles. The second-order valence-electron chi connectivity index (χ2n) is 5.61. The predicted molar refractivity (Wildman–Crippen MR) is 86.9 cm³/mol. The Bertz CT molecular complexity index is 712. The fraction of sp³-hybridized carbons (Fsp3) is 0.357. The minimum atomic E-state index is -0.0121. The molecule has 2 heterocycles. The molecule has 0 saturated carbocycles. The molecule has 0 aliphatic carbocycles. The van der Waals surface area contributed by atoms with Crippen LogP contribution in [0.2, 0.25) is 0 Å². The van der Waals surface area contributed by atoms with Gasteiger partial charge in [-0.1, -0.05) is 35.2 Å². The summed E-state index contributed by atoms with van der Waals surface area (Å²) in [7, 11) is 0. The second-order valence-corrected chi connectivity index (χ2v) is 7.81. The first-order valence-corrected chi connectivity index (χ1v) is 8.39. The fourth-order valence-corrected chi connectivity index (χ4v) is 3.55. The van der Waals surface area contributed by atoms with Crippen LogP contribution in [-0.2, 0) is 5.75 Å². The summed E-state index contributed by atoms with van der Waals surface area (Å²) in [5.74, 6) is 1.36. The van der Waals surface area contributed by atoms with Gasteiger partial charge in [0.2, 0.25) is 11.0 Å². The van der Waals surface area contributed by atoms with Crippen molar-refractivity contribution in [2.75, 3.05) is 5.32 Å². The van der Waals surface area contributed by atoms with E-state index in [0.717, 1.165) is 20.6 Å². The van der Waals surface area contributed by atoms with Gasteiger partial charge in [-0.05, 0) is 32.9 Å². The van der Waals surface area contributed by atoms with Crippen LogP contribution in [0.25, 0.3) is 11.1 Å². The number of para-hydroxylation sites is 2. The van der Waals surface area contributed by atoms with Gasteiger partial charge in [-0.15, -0.1) is 10.2 Å². The van der Waals surface area contributed by atoms with Crippen LogP contribution in [0.15, 0.2) is 33.0 Å². The highest BCUT2D eigenvalue weighted by Gasteiger charge is 2.14. The number of thioether (sulfide) groups is 1. The molecule has 110 valence electrons. The van der Waals surface area contributed by atoms with E-state index in [2.05, 4.69) is 41.3 Å². The molecule has 0 radical (unpaired) electrons. The molecule has 0 spiro atoms. The first kappa shape index (κ1) is 14.3. The molecule has 1 aromatic carbocycles. The minimum Gasteiger partial charge on any atom is -0.440 e. The van der Waals surface area contributed by atoms with E-state index >= 15 is 0 Å². The van der Waals surface area contributed by atoms with Crippen molar-refractivity contribution in [1.29, 1.82) is 0 Å². The molecule has 3 rings (SSSR count). The van der Waals surface area contributed by atoms with Crippen molar-refractivity contribution >= 4 is 39.3 Å². The first-order valence-electron chi connectivity index (χ1n) is 6.58. The van der Waals surface area contributed by atoms with Crippen LogP contribution in [0.1, 0.15) is 26.7 Å². The smallest absolute Gasteiger partial charge is 0.206 e. The third kappa shape index (κ3) is 3.74. The van der Waals surface area contributed by atoms with Crippen molar-refractivity contribution in [3.05, 3.63) is 30.2 Å². The monoisotopic (exact) mass is 320 g/mol. The SMILES string of the molecule is CC(C)(C)Nc1nnc(SCc2nc3ccccc3o2)s1. The van der Waals surface area contributed by atoms with E-state index in [-0.39, 0.29) is 5.54 Å². The van der Waals surface area contributed by atoms with Crippen LogP contribution in [0, 0.1) is 0 Å². The Morgan fingerprint density at radius 1 is 1.24 bits per heavy atom. The normalized spacial score (nSPS) is 12.0. The standard InChI is InChI=1S/C14H16N4OS2/c1-14(2,3)16-12-17-18-13(21-12)20-8-11-15-9-6-4-5-7-10(9)19-11/h4-7H,8H2,1-3H3,(H,16,17). The lowest BCUT2D eigenvalue weighted by Crippen LogP contribution is -2.25. The molecule has 0 bridgehead atoms. The Kier molecular flexibility index (Phi) is 3.86. The molecular formula is C14H16N4OS2. The molecule has 0 unspecified atom stereocenters. The molecule has 21 heavy (non-hydrogen) atoms. The quantitative estimate of drug-likeness (QED) is 0.727. The maximum atomic E-state index is 5.69. The maximum Gasteiger partial charge on any atom is 0.206 e. The van der Waals surface area contributed by atoms with E-state index in [1.54, 1.807) is 23.1 Å². The molecule has 5 nitrogen and oxygen atoms in total. The molecule has 0 aliphatic rings. The highest BCUT2D eigenvalue weighted by atomic mass is 32.2. The van der Waals surface area contributed by atoms with Crippen LogP contribution < -0.4 is 5.32 Å². The lowest BCUT2D eigenvalue weighted by molar-refractivity contribution is 0.556.